The number of nitrogens with one attached hydrogen (secondary N) is 2. The Balaban J connectivity index is 1.14. The minimum atomic E-state index is -0.457. The Morgan fingerprint density at radius 2 is 1.74 bits per heavy atom. The SMILES string of the molecule is COc1ccc(N2C(=O)[C@H]3[C@H]4C[C@@H]([C@@H]3C2=O)[C@@H]2[C@H](c3cc(Cl)ccc3OCC(=O)Nc3ccccc3)c3sc(=O)[nH]c3S[C@H]42)cc1. The van der Waals surface area contributed by atoms with Gasteiger partial charge in [0.05, 0.1) is 29.7 Å². The number of carbonyl (C=O) groups is 3. The fraction of sp³-hybridized carbons (Fsp3) is 0.294. The number of carbonyl (C=O) groups excluding carboxylic acids is 3. The molecule has 7 atom stereocenters. The van der Waals surface area contributed by atoms with E-state index in [1.165, 1.54) is 4.90 Å². The largest absolute Gasteiger partial charge is 0.497 e. The molecule has 2 N–H and O–H groups in total. The van der Waals surface area contributed by atoms with Gasteiger partial charge in [0.2, 0.25) is 11.8 Å². The summed E-state index contributed by atoms with van der Waals surface area (Å²) < 4.78 is 11.4. The Bertz CT molecular complexity index is 1930. The van der Waals surface area contributed by atoms with Gasteiger partial charge in [-0.05, 0) is 78.8 Å². The molecular formula is C34H28ClN3O6S2. The van der Waals surface area contributed by atoms with Crippen LogP contribution < -0.4 is 24.6 Å². The van der Waals surface area contributed by atoms with E-state index in [4.69, 9.17) is 21.1 Å². The van der Waals surface area contributed by atoms with Gasteiger partial charge in [-0.2, -0.15) is 0 Å². The van der Waals surface area contributed by atoms with Crippen LogP contribution in [0.1, 0.15) is 22.8 Å². The van der Waals surface area contributed by atoms with Crippen molar-refractivity contribution >= 4 is 63.8 Å². The number of amides is 3. The van der Waals surface area contributed by atoms with Gasteiger partial charge in [-0.15, -0.1) is 11.8 Å². The molecule has 4 aromatic rings. The smallest absolute Gasteiger partial charge is 0.305 e. The Hall–Kier alpha value is -4.06. The highest BCUT2D eigenvalue weighted by molar-refractivity contribution is 8.00. The summed E-state index contributed by atoms with van der Waals surface area (Å²) in [5.74, 6) is -0.890. The highest BCUT2D eigenvalue weighted by atomic mass is 35.5. The summed E-state index contributed by atoms with van der Waals surface area (Å²) >= 11 is 9.35. The first-order chi connectivity index (χ1) is 22.3. The second-order valence-corrected chi connectivity index (χ2v) is 14.7. The van der Waals surface area contributed by atoms with Crippen molar-refractivity contribution < 1.29 is 23.9 Å². The number of ether oxygens (including phenoxy) is 2. The quantitative estimate of drug-likeness (QED) is 0.238. The van der Waals surface area contributed by atoms with E-state index < -0.39 is 11.8 Å². The maximum atomic E-state index is 14.1. The topological polar surface area (TPSA) is 118 Å². The predicted molar refractivity (Wildman–Crippen MR) is 176 cm³/mol. The van der Waals surface area contributed by atoms with Gasteiger partial charge in [-0.1, -0.05) is 41.1 Å². The van der Waals surface area contributed by atoms with Crippen molar-refractivity contribution in [1.29, 1.82) is 0 Å². The number of aromatic amines is 1. The molecule has 46 heavy (non-hydrogen) atoms. The minimum absolute atomic E-state index is 0.00483. The first-order valence-electron chi connectivity index (χ1n) is 15.0. The number of thiazole rings is 1. The number of rotatable bonds is 7. The summed E-state index contributed by atoms with van der Waals surface area (Å²) in [6.45, 7) is -0.226. The molecule has 3 fully saturated rings. The van der Waals surface area contributed by atoms with E-state index in [-0.39, 0.29) is 58.1 Å². The average Bonchev–Trinajstić information content (AvgIpc) is 3.79. The molecule has 12 heteroatoms. The standard InChI is InChI=1S/C34H28ClN3O6S2/c1-43-19-10-8-18(9-11-19)38-32(40)27-21-14-22(28(27)33(38)41)29-26(21)25(30-31(45-29)37-34(42)46-30)20-13-16(35)7-12-23(20)44-15-24(39)36-17-5-3-2-4-6-17/h2-13,21-22,25-29H,14-15H2,1H3,(H,36,39)(H,37,42)/t21-,22-,25+,26-,27+,28+,29-/m1/s1. The first-order valence-corrected chi connectivity index (χ1v) is 17.1. The number of hydrogen-bond donors (Lipinski definition) is 2. The fourth-order valence-corrected chi connectivity index (χ4v) is 11.2. The van der Waals surface area contributed by atoms with E-state index >= 15 is 0 Å². The molecule has 3 aromatic carbocycles. The van der Waals surface area contributed by atoms with Crippen LogP contribution in [-0.2, 0) is 14.4 Å². The van der Waals surface area contributed by atoms with Crippen LogP contribution in [0.5, 0.6) is 11.5 Å². The third-order valence-electron chi connectivity index (χ3n) is 9.78. The fourth-order valence-electron chi connectivity index (χ4n) is 8.11. The molecule has 1 saturated heterocycles. The monoisotopic (exact) mass is 673 g/mol. The Morgan fingerprint density at radius 3 is 2.48 bits per heavy atom. The van der Waals surface area contributed by atoms with Crippen molar-refractivity contribution in [3.05, 3.63) is 97.9 Å². The number of aromatic nitrogens is 1. The van der Waals surface area contributed by atoms with Crippen LogP contribution in [0.2, 0.25) is 5.02 Å². The number of nitrogens with zero attached hydrogens (tertiary/aromatic N) is 1. The van der Waals surface area contributed by atoms with Gasteiger partial charge in [0, 0.05) is 32.3 Å². The zero-order valence-corrected chi connectivity index (χ0v) is 26.9. The van der Waals surface area contributed by atoms with Crippen LogP contribution in [0.25, 0.3) is 0 Å². The van der Waals surface area contributed by atoms with Crippen LogP contribution in [0.4, 0.5) is 11.4 Å². The van der Waals surface area contributed by atoms with Crippen molar-refractivity contribution in [2.45, 2.75) is 22.6 Å². The summed E-state index contributed by atoms with van der Waals surface area (Å²) in [4.78, 5) is 58.6. The van der Waals surface area contributed by atoms with Crippen LogP contribution in [0.3, 0.4) is 0 Å². The molecule has 2 aliphatic heterocycles. The van der Waals surface area contributed by atoms with Crippen molar-refractivity contribution in [2.75, 3.05) is 23.9 Å². The molecular weight excluding hydrogens is 646 g/mol. The van der Waals surface area contributed by atoms with Crippen LogP contribution in [0, 0.1) is 29.6 Å². The normalized spacial score (nSPS) is 27.3. The Labute approximate surface area is 277 Å². The summed E-state index contributed by atoms with van der Waals surface area (Å²) in [5.41, 5.74) is 1.97. The van der Waals surface area contributed by atoms with Crippen LogP contribution in [-0.4, -0.2) is 41.7 Å². The van der Waals surface area contributed by atoms with E-state index in [0.29, 0.717) is 27.9 Å². The van der Waals surface area contributed by atoms with Crippen LogP contribution >= 0.6 is 34.7 Å². The van der Waals surface area contributed by atoms with Crippen molar-refractivity contribution in [2.24, 2.45) is 29.6 Å². The second kappa shape index (κ2) is 11.3. The molecule has 2 aliphatic carbocycles. The summed E-state index contributed by atoms with van der Waals surface area (Å²) in [7, 11) is 1.57. The number of thioether (sulfide) groups is 1. The molecule has 234 valence electrons. The molecule has 0 radical (unpaired) electrons. The molecule has 9 nitrogen and oxygen atoms in total. The molecule has 8 rings (SSSR count). The van der Waals surface area contributed by atoms with Crippen molar-refractivity contribution in [1.82, 2.24) is 4.98 Å². The van der Waals surface area contributed by atoms with E-state index in [9.17, 15) is 19.2 Å². The lowest BCUT2D eigenvalue weighted by molar-refractivity contribution is -0.123. The molecule has 2 saturated carbocycles. The number of fused-ring (bicyclic) bond motifs is 9. The van der Waals surface area contributed by atoms with Gasteiger partial charge in [-0.25, -0.2) is 0 Å². The van der Waals surface area contributed by atoms with E-state index in [1.807, 2.05) is 24.3 Å². The molecule has 2 bridgehead atoms. The molecule has 3 amide bonds. The van der Waals surface area contributed by atoms with Gasteiger partial charge < -0.3 is 19.8 Å². The van der Waals surface area contributed by atoms with Gasteiger partial charge in [-0.3, -0.25) is 24.1 Å². The van der Waals surface area contributed by atoms with Gasteiger partial charge in [0.1, 0.15) is 11.5 Å². The second-order valence-electron chi connectivity index (χ2n) is 12.1. The highest BCUT2D eigenvalue weighted by Crippen LogP contribution is 2.69. The number of imide groups is 1. The number of halogens is 1. The van der Waals surface area contributed by atoms with Crippen LogP contribution in [0.15, 0.2) is 82.6 Å². The molecule has 1 aromatic heterocycles. The summed E-state index contributed by atoms with van der Waals surface area (Å²) in [6, 6.07) is 21.4. The lowest BCUT2D eigenvalue weighted by Gasteiger charge is -2.43. The van der Waals surface area contributed by atoms with Crippen molar-refractivity contribution in [3.8, 4) is 11.5 Å². The van der Waals surface area contributed by atoms with Gasteiger partial charge in [0.15, 0.2) is 6.61 Å². The molecule has 0 spiro atoms. The number of para-hydroxylation sites is 1. The minimum Gasteiger partial charge on any atom is -0.497 e. The number of benzene rings is 3. The average molecular weight is 674 g/mol. The first kappa shape index (κ1) is 29.3. The Kier molecular flexibility index (Phi) is 7.23. The number of anilines is 2. The maximum absolute atomic E-state index is 14.1. The predicted octanol–water partition coefficient (Wildman–Crippen LogP) is 5.79. The third kappa shape index (κ3) is 4.66. The van der Waals surface area contributed by atoms with Gasteiger partial charge in [0.25, 0.3) is 5.91 Å². The molecule has 3 heterocycles. The zero-order chi connectivity index (χ0) is 31.7. The van der Waals surface area contributed by atoms with E-state index in [0.717, 1.165) is 33.2 Å². The third-order valence-corrected chi connectivity index (χ3v) is 12.6. The molecule has 0 unspecified atom stereocenters. The maximum Gasteiger partial charge on any atom is 0.305 e. The van der Waals surface area contributed by atoms with E-state index in [2.05, 4.69) is 10.3 Å². The van der Waals surface area contributed by atoms with E-state index in [1.54, 1.807) is 67.4 Å². The van der Waals surface area contributed by atoms with Gasteiger partial charge >= 0.3 is 4.87 Å². The lowest BCUT2D eigenvalue weighted by atomic mass is 9.68. The summed E-state index contributed by atoms with van der Waals surface area (Å²) in [5, 5.41) is 4.11. The number of H-pyrrole nitrogens is 1. The summed E-state index contributed by atoms with van der Waals surface area (Å²) in [6.07, 6.45) is 0.748. The van der Waals surface area contributed by atoms with Crippen molar-refractivity contribution in [3.63, 3.8) is 0 Å². The Morgan fingerprint density at radius 1 is 1.00 bits per heavy atom. The lowest BCUT2D eigenvalue weighted by Crippen LogP contribution is -2.42. The highest BCUT2D eigenvalue weighted by Gasteiger charge is 2.69. The number of hydrogen-bond acceptors (Lipinski definition) is 8. The molecule has 4 aliphatic rings. The zero-order valence-electron chi connectivity index (χ0n) is 24.5. The number of methoxy groups -OCH3 is 1.